The van der Waals surface area contributed by atoms with Crippen LogP contribution in [0.1, 0.15) is 29.7 Å². The van der Waals surface area contributed by atoms with E-state index in [2.05, 4.69) is 12.2 Å². The summed E-state index contributed by atoms with van der Waals surface area (Å²) in [6.45, 7) is 5.06. The highest BCUT2D eigenvalue weighted by atomic mass is 35.5. The summed E-state index contributed by atoms with van der Waals surface area (Å²) >= 11 is 6.17. The minimum atomic E-state index is 0.0298. The average molecular weight is 318 g/mol. The predicted octanol–water partition coefficient (Wildman–Crippen LogP) is 2.59. The summed E-state index contributed by atoms with van der Waals surface area (Å²) in [7, 11) is 0. The van der Waals surface area contributed by atoms with E-state index in [1.807, 2.05) is 60.8 Å². The van der Waals surface area contributed by atoms with E-state index in [9.17, 15) is 4.79 Å². The van der Waals surface area contributed by atoms with Gasteiger partial charge in [0.05, 0.1) is 0 Å². The molecule has 22 heavy (non-hydrogen) atoms. The molecule has 0 aliphatic heterocycles. The van der Waals surface area contributed by atoms with E-state index < -0.39 is 0 Å². The van der Waals surface area contributed by atoms with E-state index in [0.29, 0.717) is 13.1 Å². The first-order valence-corrected chi connectivity index (χ1v) is 7.84. The summed E-state index contributed by atoms with van der Waals surface area (Å²) < 4.78 is 0. The summed E-state index contributed by atoms with van der Waals surface area (Å²) in [5, 5.41) is 5.69. The summed E-state index contributed by atoms with van der Waals surface area (Å²) in [4.78, 5) is 12.0. The molecular weight excluding hydrogens is 296 g/mol. The second kappa shape index (κ2) is 7.97. The quantitative estimate of drug-likeness (QED) is 0.845. The van der Waals surface area contributed by atoms with Crippen molar-refractivity contribution >= 4 is 17.5 Å². The van der Waals surface area contributed by atoms with Crippen molar-refractivity contribution in [3.63, 3.8) is 0 Å². The molecule has 0 radical (unpaired) electrons. The first-order valence-electron chi connectivity index (χ1n) is 7.47. The molecule has 0 saturated carbocycles. The SMILES string of the molecule is Cc1ccccc1CNC(=O)C[NH2+][C@H](C)c1ccccc1Cl. The highest BCUT2D eigenvalue weighted by molar-refractivity contribution is 6.31. The number of hydrogen-bond acceptors (Lipinski definition) is 1. The largest absolute Gasteiger partial charge is 0.347 e. The van der Waals surface area contributed by atoms with Gasteiger partial charge in [0.1, 0.15) is 6.04 Å². The molecule has 0 fully saturated rings. The molecular formula is C18H22ClN2O+. The molecule has 0 aliphatic carbocycles. The molecule has 0 bridgehead atoms. The number of quaternary nitrogens is 1. The van der Waals surface area contributed by atoms with Crippen LogP contribution >= 0.6 is 11.6 Å². The minimum Gasteiger partial charge on any atom is -0.347 e. The number of carbonyl (C=O) groups is 1. The first-order chi connectivity index (χ1) is 10.6. The summed E-state index contributed by atoms with van der Waals surface area (Å²) in [5.41, 5.74) is 3.39. The Morgan fingerprint density at radius 3 is 2.59 bits per heavy atom. The number of aryl methyl sites for hydroxylation is 1. The Morgan fingerprint density at radius 2 is 1.86 bits per heavy atom. The maximum Gasteiger partial charge on any atom is 0.275 e. The monoisotopic (exact) mass is 317 g/mol. The van der Waals surface area contributed by atoms with Crippen LogP contribution < -0.4 is 10.6 Å². The van der Waals surface area contributed by atoms with Crippen molar-refractivity contribution in [3.8, 4) is 0 Å². The van der Waals surface area contributed by atoms with Gasteiger partial charge in [-0.1, -0.05) is 54.1 Å². The number of carbonyl (C=O) groups excluding carboxylic acids is 1. The first kappa shape index (κ1) is 16.5. The van der Waals surface area contributed by atoms with Crippen molar-refractivity contribution in [1.82, 2.24) is 5.32 Å². The normalized spacial score (nSPS) is 12.0. The van der Waals surface area contributed by atoms with Gasteiger partial charge in [-0.25, -0.2) is 0 Å². The van der Waals surface area contributed by atoms with Crippen molar-refractivity contribution in [2.45, 2.75) is 26.4 Å². The zero-order chi connectivity index (χ0) is 15.9. The van der Waals surface area contributed by atoms with E-state index >= 15 is 0 Å². The highest BCUT2D eigenvalue weighted by Gasteiger charge is 2.13. The molecule has 2 rings (SSSR count). The lowest BCUT2D eigenvalue weighted by Crippen LogP contribution is -2.87. The van der Waals surface area contributed by atoms with Gasteiger partial charge in [-0.05, 0) is 31.0 Å². The fourth-order valence-electron chi connectivity index (χ4n) is 2.33. The summed E-state index contributed by atoms with van der Waals surface area (Å²) in [6, 6.07) is 16.0. The van der Waals surface area contributed by atoms with Gasteiger partial charge < -0.3 is 10.6 Å². The van der Waals surface area contributed by atoms with Gasteiger partial charge in [-0.2, -0.15) is 0 Å². The van der Waals surface area contributed by atoms with Crippen LogP contribution in [0.4, 0.5) is 0 Å². The van der Waals surface area contributed by atoms with Crippen LogP contribution in [0.15, 0.2) is 48.5 Å². The molecule has 1 amide bonds. The lowest BCUT2D eigenvalue weighted by Gasteiger charge is -2.13. The van der Waals surface area contributed by atoms with Crippen LogP contribution in [0.25, 0.3) is 0 Å². The molecule has 116 valence electrons. The molecule has 0 unspecified atom stereocenters. The fourth-order valence-corrected chi connectivity index (χ4v) is 2.64. The van der Waals surface area contributed by atoms with E-state index in [4.69, 9.17) is 11.6 Å². The number of amides is 1. The number of nitrogens with two attached hydrogens (primary N) is 1. The highest BCUT2D eigenvalue weighted by Crippen LogP contribution is 2.19. The van der Waals surface area contributed by atoms with Crippen molar-refractivity contribution in [3.05, 3.63) is 70.2 Å². The number of nitrogens with one attached hydrogen (secondary N) is 1. The minimum absolute atomic E-state index is 0.0298. The Hall–Kier alpha value is -1.84. The second-order valence-electron chi connectivity index (χ2n) is 5.45. The molecule has 0 heterocycles. The lowest BCUT2D eigenvalue weighted by atomic mass is 10.1. The average Bonchev–Trinajstić information content (AvgIpc) is 2.52. The third kappa shape index (κ3) is 4.58. The van der Waals surface area contributed by atoms with Crippen molar-refractivity contribution in [2.24, 2.45) is 0 Å². The number of hydrogen-bond donors (Lipinski definition) is 2. The Balaban J connectivity index is 1.81. The molecule has 2 aromatic carbocycles. The van der Waals surface area contributed by atoms with Crippen LogP contribution in [-0.2, 0) is 11.3 Å². The van der Waals surface area contributed by atoms with Gasteiger partial charge in [0.2, 0.25) is 0 Å². The fraction of sp³-hybridized carbons (Fsp3) is 0.278. The van der Waals surface area contributed by atoms with E-state index in [0.717, 1.165) is 16.1 Å². The van der Waals surface area contributed by atoms with Gasteiger partial charge in [0.25, 0.3) is 5.91 Å². The van der Waals surface area contributed by atoms with Gasteiger partial charge in [-0.15, -0.1) is 0 Å². The maximum atomic E-state index is 12.0. The number of halogens is 1. The molecule has 0 saturated heterocycles. The van der Waals surface area contributed by atoms with Crippen LogP contribution in [0.3, 0.4) is 0 Å². The molecule has 0 aromatic heterocycles. The second-order valence-corrected chi connectivity index (χ2v) is 5.86. The van der Waals surface area contributed by atoms with Gasteiger partial charge >= 0.3 is 0 Å². The Kier molecular flexibility index (Phi) is 5.99. The number of rotatable bonds is 6. The van der Waals surface area contributed by atoms with Crippen LogP contribution in [-0.4, -0.2) is 12.5 Å². The van der Waals surface area contributed by atoms with Crippen molar-refractivity contribution in [2.75, 3.05) is 6.54 Å². The van der Waals surface area contributed by atoms with Crippen LogP contribution in [0.5, 0.6) is 0 Å². The molecule has 3 N–H and O–H groups in total. The third-order valence-corrected chi connectivity index (χ3v) is 4.13. The van der Waals surface area contributed by atoms with Crippen molar-refractivity contribution < 1.29 is 10.1 Å². The zero-order valence-corrected chi connectivity index (χ0v) is 13.7. The van der Waals surface area contributed by atoms with Gasteiger partial charge in [0, 0.05) is 17.1 Å². The molecule has 3 nitrogen and oxygen atoms in total. The van der Waals surface area contributed by atoms with Gasteiger partial charge in [-0.3, -0.25) is 4.79 Å². The number of benzene rings is 2. The van der Waals surface area contributed by atoms with Crippen LogP contribution in [0, 0.1) is 6.92 Å². The Bertz CT molecular complexity index is 642. The van der Waals surface area contributed by atoms with E-state index in [1.54, 1.807) is 0 Å². The lowest BCUT2D eigenvalue weighted by molar-refractivity contribution is -0.682. The molecule has 0 aliphatic rings. The third-order valence-electron chi connectivity index (χ3n) is 3.79. The van der Waals surface area contributed by atoms with Crippen LogP contribution in [0.2, 0.25) is 5.02 Å². The predicted molar refractivity (Wildman–Crippen MR) is 89.7 cm³/mol. The maximum absolute atomic E-state index is 12.0. The zero-order valence-electron chi connectivity index (χ0n) is 13.0. The van der Waals surface area contributed by atoms with E-state index in [-0.39, 0.29) is 11.9 Å². The molecule has 4 heteroatoms. The van der Waals surface area contributed by atoms with Gasteiger partial charge in [0.15, 0.2) is 6.54 Å². The molecule has 2 aromatic rings. The standard InChI is InChI=1S/C18H21ClN2O/c1-13-7-3-4-8-15(13)11-21-18(22)12-20-14(2)16-9-5-6-10-17(16)19/h3-10,14,20H,11-12H2,1-2H3,(H,21,22)/p+1/t14-/m1/s1. The summed E-state index contributed by atoms with van der Waals surface area (Å²) in [5.74, 6) is 0.0298. The van der Waals surface area contributed by atoms with Crippen molar-refractivity contribution in [1.29, 1.82) is 0 Å². The topological polar surface area (TPSA) is 45.7 Å². The Labute approximate surface area is 136 Å². The molecule has 1 atom stereocenters. The van der Waals surface area contributed by atoms with E-state index in [1.165, 1.54) is 5.56 Å². The smallest absolute Gasteiger partial charge is 0.275 e. The molecule has 0 spiro atoms. The Morgan fingerprint density at radius 1 is 1.18 bits per heavy atom. The summed E-state index contributed by atoms with van der Waals surface area (Å²) in [6.07, 6.45) is 0.